The van der Waals surface area contributed by atoms with E-state index in [0.717, 1.165) is 44.1 Å². The minimum absolute atomic E-state index is 0.241. The molecular formula is C40H32N6O6. The number of hydrogen-bond acceptors (Lipinski definition) is 8. The average Bonchev–Trinajstić information content (AvgIpc) is 3.76. The quantitative estimate of drug-likeness (QED) is 0.0484. The molecule has 0 spiro atoms. The lowest BCUT2D eigenvalue weighted by molar-refractivity contribution is 0.0947. The molecule has 2 amide bonds. The van der Waals surface area contributed by atoms with Crippen LogP contribution in [0.4, 0.5) is 0 Å². The van der Waals surface area contributed by atoms with Gasteiger partial charge < -0.3 is 30.4 Å². The first-order chi connectivity index (χ1) is 25.2. The number of nitrogens with zero attached hydrogens (tertiary/aromatic N) is 2. The van der Waals surface area contributed by atoms with Gasteiger partial charge in [0.15, 0.2) is 23.0 Å². The predicted molar refractivity (Wildman–Crippen MR) is 198 cm³/mol. The molecule has 258 valence electrons. The molecule has 12 heteroatoms. The average molecular weight is 693 g/mol. The van der Waals surface area contributed by atoms with Crippen molar-refractivity contribution in [3.05, 3.63) is 154 Å². The highest BCUT2D eigenvalue weighted by molar-refractivity contribution is 6.01. The number of phenols is 4. The molecule has 0 saturated carbocycles. The zero-order chi connectivity index (χ0) is 36.4. The van der Waals surface area contributed by atoms with Crippen LogP contribution < -0.4 is 10.9 Å². The summed E-state index contributed by atoms with van der Waals surface area (Å²) in [4.78, 5) is 33.1. The predicted octanol–water partition coefficient (Wildman–Crippen LogP) is 6.49. The van der Waals surface area contributed by atoms with Crippen molar-refractivity contribution in [3.8, 4) is 23.0 Å². The number of fused-ring (bicyclic) bond motifs is 2. The van der Waals surface area contributed by atoms with Gasteiger partial charge in [0.25, 0.3) is 11.8 Å². The van der Waals surface area contributed by atoms with Crippen molar-refractivity contribution in [2.45, 2.75) is 12.8 Å². The first-order valence-electron chi connectivity index (χ1n) is 16.1. The molecule has 0 unspecified atom stereocenters. The van der Waals surface area contributed by atoms with Gasteiger partial charge in [-0.15, -0.1) is 0 Å². The van der Waals surface area contributed by atoms with Gasteiger partial charge in [-0.1, -0.05) is 42.0 Å². The van der Waals surface area contributed by atoms with E-state index in [-0.39, 0.29) is 40.0 Å². The Balaban J connectivity index is 1.22. The van der Waals surface area contributed by atoms with Gasteiger partial charge in [-0.3, -0.25) is 9.59 Å². The fraction of sp³-hybridized carbons (Fsp3) is 0.0500. The van der Waals surface area contributed by atoms with Crippen LogP contribution in [0.25, 0.3) is 21.8 Å². The van der Waals surface area contributed by atoms with Crippen molar-refractivity contribution in [2.24, 2.45) is 10.2 Å². The van der Waals surface area contributed by atoms with Gasteiger partial charge in [-0.2, -0.15) is 10.2 Å². The van der Waals surface area contributed by atoms with Crippen LogP contribution in [-0.2, 0) is 0 Å². The summed E-state index contributed by atoms with van der Waals surface area (Å²) < 4.78 is 0. The maximum absolute atomic E-state index is 13.2. The number of hydrogen-bond donors (Lipinski definition) is 8. The Labute approximate surface area is 296 Å². The van der Waals surface area contributed by atoms with Crippen molar-refractivity contribution in [1.29, 1.82) is 0 Å². The van der Waals surface area contributed by atoms with E-state index in [9.17, 15) is 30.0 Å². The van der Waals surface area contributed by atoms with E-state index >= 15 is 0 Å². The topological polar surface area (TPSA) is 195 Å². The van der Waals surface area contributed by atoms with Crippen LogP contribution in [0.3, 0.4) is 0 Å². The number of aromatic amines is 2. The number of carbonyl (C=O) groups is 2. The first-order valence-corrected chi connectivity index (χ1v) is 16.1. The molecule has 0 aliphatic rings. The number of phenolic OH excluding ortho intramolecular Hbond substituents is 4. The highest BCUT2D eigenvalue weighted by atomic mass is 16.3. The summed E-state index contributed by atoms with van der Waals surface area (Å²) in [5.74, 6) is -2.54. The second-order valence-corrected chi connectivity index (χ2v) is 12.2. The molecule has 7 aromatic rings. The molecule has 52 heavy (non-hydrogen) atoms. The first kappa shape index (κ1) is 33.2. The fourth-order valence-corrected chi connectivity index (χ4v) is 6.09. The van der Waals surface area contributed by atoms with Crippen LogP contribution >= 0.6 is 0 Å². The molecule has 0 fully saturated rings. The Morgan fingerprint density at radius 3 is 1.56 bits per heavy atom. The Morgan fingerprint density at radius 2 is 1.10 bits per heavy atom. The summed E-state index contributed by atoms with van der Waals surface area (Å²) in [7, 11) is 0. The third kappa shape index (κ3) is 6.51. The van der Waals surface area contributed by atoms with Crippen molar-refractivity contribution in [1.82, 2.24) is 20.8 Å². The Kier molecular flexibility index (Phi) is 8.85. The summed E-state index contributed by atoms with van der Waals surface area (Å²) in [5.41, 5.74) is 11.7. The fourth-order valence-electron chi connectivity index (χ4n) is 6.09. The zero-order valence-corrected chi connectivity index (χ0v) is 27.6. The molecule has 0 atom stereocenters. The van der Waals surface area contributed by atoms with Gasteiger partial charge >= 0.3 is 0 Å². The second-order valence-electron chi connectivity index (χ2n) is 12.2. The summed E-state index contributed by atoms with van der Waals surface area (Å²) in [5, 5.41) is 49.1. The standard InChI is InChI=1S/C40H32N6O6/c1-22-8-10-23(11-9-22)36(30-20-41-32-14-12-24(16-28(30)32)39(51)45-43-18-26-4-2-6-34(47)37(26)49)31-21-42-33-15-13-25(17-29(31)33)40(52)46-44-19-27-5-3-7-35(48)38(27)50/h2-21,36,41-42,47-50H,1H3,(H,45,51)(H,46,52)/b43-18+,44-19+. The second kappa shape index (κ2) is 13.9. The maximum atomic E-state index is 13.2. The number of para-hydroxylation sites is 2. The van der Waals surface area contributed by atoms with E-state index in [1.807, 2.05) is 43.6 Å². The summed E-state index contributed by atoms with van der Waals surface area (Å²) >= 11 is 0. The lowest BCUT2D eigenvalue weighted by Gasteiger charge is -2.18. The van der Waals surface area contributed by atoms with Crippen molar-refractivity contribution < 1.29 is 30.0 Å². The van der Waals surface area contributed by atoms with Crippen LogP contribution in [0, 0.1) is 6.92 Å². The van der Waals surface area contributed by atoms with E-state index in [1.165, 1.54) is 24.6 Å². The third-order valence-electron chi connectivity index (χ3n) is 8.82. The molecule has 0 aliphatic heterocycles. The van der Waals surface area contributed by atoms with Gasteiger partial charge in [0.2, 0.25) is 0 Å². The number of nitrogens with one attached hydrogen (secondary N) is 4. The number of aryl methyl sites for hydroxylation is 1. The smallest absolute Gasteiger partial charge is 0.271 e. The van der Waals surface area contributed by atoms with E-state index < -0.39 is 11.8 Å². The summed E-state index contributed by atoms with van der Waals surface area (Å²) in [6.07, 6.45) is 6.33. The molecule has 0 saturated heterocycles. The van der Waals surface area contributed by atoms with Crippen LogP contribution in [-0.4, -0.2) is 54.6 Å². The number of H-pyrrole nitrogens is 2. The largest absolute Gasteiger partial charge is 0.504 e. The minimum Gasteiger partial charge on any atom is -0.504 e. The molecule has 0 radical (unpaired) electrons. The van der Waals surface area contributed by atoms with Crippen LogP contribution in [0.2, 0.25) is 0 Å². The molecule has 0 bridgehead atoms. The van der Waals surface area contributed by atoms with E-state index in [0.29, 0.717) is 11.1 Å². The third-order valence-corrected chi connectivity index (χ3v) is 8.82. The summed E-state index contributed by atoms with van der Waals surface area (Å²) in [6, 6.07) is 27.6. The van der Waals surface area contributed by atoms with Crippen LogP contribution in [0.5, 0.6) is 23.0 Å². The number of benzene rings is 5. The maximum Gasteiger partial charge on any atom is 0.271 e. The Morgan fingerprint density at radius 1 is 0.635 bits per heavy atom. The molecule has 7 rings (SSSR count). The number of rotatable bonds is 9. The van der Waals surface area contributed by atoms with Gasteiger partial charge in [0, 0.05) is 62.4 Å². The molecular weight excluding hydrogens is 660 g/mol. The molecule has 8 N–H and O–H groups in total. The zero-order valence-electron chi connectivity index (χ0n) is 27.6. The number of hydrazone groups is 2. The normalized spacial score (nSPS) is 11.7. The SMILES string of the molecule is Cc1ccc(C(c2c[nH]c3ccc(C(=O)N/N=C/c4cccc(O)c4O)cc23)c2c[nH]c3ccc(C(=O)N/N=C/c4cccc(O)c4O)cc23)cc1. The van der Waals surface area contributed by atoms with Gasteiger partial charge in [-0.05, 0) is 84.3 Å². The summed E-state index contributed by atoms with van der Waals surface area (Å²) in [6.45, 7) is 2.01. The number of aromatic nitrogens is 2. The highest BCUT2D eigenvalue weighted by Gasteiger charge is 2.24. The van der Waals surface area contributed by atoms with E-state index in [2.05, 4.69) is 43.2 Å². The molecule has 2 heterocycles. The number of carbonyl (C=O) groups excluding carboxylic acids is 2. The van der Waals surface area contributed by atoms with Crippen molar-refractivity contribution in [2.75, 3.05) is 0 Å². The molecule has 12 nitrogen and oxygen atoms in total. The van der Waals surface area contributed by atoms with Gasteiger partial charge in [0.1, 0.15) is 0 Å². The monoisotopic (exact) mass is 692 g/mol. The van der Waals surface area contributed by atoms with Crippen LogP contribution in [0.15, 0.2) is 120 Å². The van der Waals surface area contributed by atoms with Gasteiger partial charge in [-0.25, -0.2) is 10.9 Å². The van der Waals surface area contributed by atoms with Gasteiger partial charge in [0.05, 0.1) is 12.4 Å². The highest BCUT2D eigenvalue weighted by Crippen LogP contribution is 2.40. The Bertz CT molecular complexity index is 2380. The molecule has 2 aromatic heterocycles. The number of amides is 2. The lowest BCUT2D eigenvalue weighted by atomic mass is 9.84. The van der Waals surface area contributed by atoms with E-state index in [1.54, 1.807) is 48.5 Å². The minimum atomic E-state index is -0.471. The van der Waals surface area contributed by atoms with Crippen molar-refractivity contribution in [3.63, 3.8) is 0 Å². The lowest BCUT2D eigenvalue weighted by Crippen LogP contribution is -2.17. The molecule has 5 aromatic carbocycles. The number of aromatic hydroxyl groups is 4. The van der Waals surface area contributed by atoms with Crippen molar-refractivity contribution >= 4 is 46.0 Å². The van der Waals surface area contributed by atoms with E-state index in [4.69, 9.17) is 0 Å². The van der Waals surface area contributed by atoms with Crippen LogP contribution in [0.1, 0.15) is 60.0 Å². The Hall–Kier alpha value is -7.34. The molecule has 0 aliphatic carbocycles.